The van der Waals surface area contributed by atoms with Gasteiger partial charge in [0.15, 0.2) is 0 Å². The highest BCUT2D eigenvalue weighted by molar-refractivity contribution is 5.31. The lowest BCUT2D eigenvalue weighted by atomic mass is 10.2. The van der Waals surface area contributed by atoms with Crippen LogP contribution in [0.5, 0.6) is 11.5 Å². The standard InChI is InChI=1S/C17H27N3O2/c1-21-16-2-4-17(5-3-16)22-13-12-19-9-6-15(14-19)20-10-7-18-8-11-20/h2-5,15,18H,6-14H2,1H3. The van der Waals surface area contributed by atoms with E-state index in [4.69, 9.17) is 9.47 Å². The predicted octanol–water partition coefficient (Wildman–Crippen LogP) is 1.05. The van der Waals surface area contributed by atoms with Crippen molar-refractivity contribution in [1.29, 1.82) is 0 Å². The van der Waals surface area contributed by atoms with Crippen molar-refractivity contribution in [3.05, 3.63) is 24.3 Å². The van der Waals surface area contributed by atoms with E-state index in [-0.39, 0.29) is 0 Å². The molecule has 1 aromatic rings. The van der Waals surface area contributed by atoms with Gasteiger partial charge in [0.1, 0.15) is 18.1 Å². The van der Waals surface area contributed by atoms with Crippen molar-refractivity contribution in [3.63, 3.8) is 0 Å². The van der Waals surface area contributed by atoms with E-state index in [2.05, 4.69) is 15.1 Å². The van der Waals surface area contributed by atoms with Gasteiger partial charge in [0, 0.05) is 45.3 Å². The Kier molecular flexibility index (Phi) is 5.53. The van der Waals surface area contributed by atoms with Gasteiger partial charge in [-0.3, -0.25) is 9.80 Å². The van der Waals surface area contributed by atoms with Crippen molar-refractivity contribution in [1.82, 2.24) is 15.1 Å². The van der Waals surface area contributed by atoms with Crippen molar-refractivity contribution >= 4 is 0 Å². The normalized spacial score (nSPS) is 23.6. The molecule has 0 amide bonds. The number of benzene rings is 1. The zero-order valence-corrected chi connectivity index (χ0v) is 13.5. The Morgan fingerprint density at radius 1 is 1.09 bits per heavy atom. The molecular weight excluding hydrogens is 278 g/mol. The van der Waals surface area contributed by atoms with E-state index in [0.717, 1.165) is 43.8 Å². The van der Waals surface area contributed by atoms with Crippen LogP contribution in [0.25, 0.3) is 0 Å². The predicted molar refractivity (Wildman–Crippen MR) is 87.8 cm³/mol. The van der Waals surface area contributed by atoms with Crippen LogP contribution < -0.4 is 14.8 Å². The number of methoxy groups -OCH3 is 1. The number of rotatable bonds is 6. The molecule has 3 rings (SSSR count). The molecule has 5 nitrogen and oxygen atoms in total. The average molecular weight is 305 g/mol. The van der Waals surface area contributed by atoms with E-state index in [1.807, 2.05) is 24.3 Å². The SMILES string of the molecule is COc1ccc(OCCN2CCC(N3CCNCC3)C2)cc1. The van der Waals surface area contributed by atoms with E-state index < -0.39 is 0 Å². The highest BCUT2D eigenvalue weighted by atomic mass is 16.5. The van der Waals surface area contributed by atoms with Crippen LogP contribution in [0.2, 0.25) is 0 Å². The second-order valence-electron chi connectivity index (χ2n) is 6.05. The molecule has 0 aliphatic carbocycles. The fourth-order valence-electron chi connectivity index (χ4n) is 3.33. The number of nitrogens with zero attached hydrogens (tertiary/aromatic N) is 2. The largest absolute Gasteiger partial charge is 0.497 e. The molecular formula is C17H27N3O2. The lowest BCUT2D eigenvalue weighted by Crippen LogP contribution is -2.49. The Hall–Kier alpha value is -1.30. The molecule has 0 aromatic heterocycles. The summed E-state index contributed by atoms with van der Waals surface area (Å²) in [7, 11) is 1.68. The van der Waals surface area contributed by atoms with Crippen molar-refractivity contribution in [2.24, 2.45) is 0 Å². The lowest BCUT2D eigenvalue weighted by Gasteiger charge is -2.32. The smallest absolute Gasteiger partial charge is 0.119 e. The van der Waals surface area contributed by atoms with Gasteiger partial charge < -0.3 is 14.8 Å². The number of likely N-dealkylation sites (tertiary alicyclic amines) is 1. The second-order valence-corrected chi connectivity index (χ2v) is 6.05. The molecule has 22 heavy (non-hydrogen) atoms. The first-order valence-corrected chi connectivity index (χ1v) is 8.29. The maximum atomic E-state index is 5.83. The van der Waals surface area contributed by atoms with Gasteiger partial charge in [-0.1, -0.05) is 0 Å². The van der Waals surface area contributed by atoms with E-state index in [0.29, 0.717) is 0 Å². The van der Waals surface area contributed by atoms with Crippen molar-refractivity contribution < 1.29 is 9.47 Å². The molecule has 1 unspecified atom stereocenters. The molecule has 0 saturated carbocycles. The third kappa shape index (κ3) is 4.12. The average Bonchev–Trinajstić information content (AvgIpc) is 3.05. The summed E-state index contributed by atoms with van der Waals surface area (Å²) in [5.74, 6) is 1.78. The number of hydrogen-bond donors (Lipinski definition) is 1. The van der Waals surface area contributed by atoms with Gasteiger partial charge in [0.05, 0.1) is 7.11 Å². The van der Waals surface area contributed by atoms with Crippen LogP contribution in [0.15, 0.2) is 24.3 Å². The first kappa shape index (κ1) is 15.6. The molecule has 2 saturated heterocycles. The maximum Gasteiger partial charge on any atom is 0.119 e. The molecule has 2 aliphatic heterocycles. The highest BCUT2D eigenvalue weighted by Gasteiger charge is 2.27. The molecule has 0 radical (unpaired) electrons. The summed E-state index contributed by atoms with van der Waals surface area (Å²) in [6, 6.07) is 8.54. The van der Waals surface area contributed by atoms with Crippen molar-refractivity contribution in [2.45, 2.75) is 12.5 Å². The number of ether oxygens (including phenoxy) is 2. The van der Waals surface area contributed by atoms with Gasteiger partial charge in [0.2, 0.25) is 0 Å². The van der Waals surface area contributed by atoms with Gasteiger partial charge in [-0.25, -0.2) is 0 Å². The minimum Gasteiger partial charge on any atom is -0.497 e. The first-order chi connectivity index (χ1) is 10.8. The first-order valence-electron chi connectivity index (χ1n) is 8.29. The molecule has 1 N–H and O–H groups in total. The molecule has 2 heterocycles. The summed E-state index contributed by atoms with van der Waals surface area (Å²) in [6.07, 6.45) is 1.29. The van der Waals surface area contributed by atoms with Crippen LogP contribution in [0, 0.1) is 0 Å². The number of nitrogens with one attached hydrogen (secondary N) is 1. The fourth-order valence-corrected chi connectivity index (χ4v) is 3.33. The topological polar surface area (TPSA) is 37.0 Å². The molecule has 2 aliphatic rings. The Bertz CT molecular complexity index is 446. The third-order valence-electron chi connectivity index (χ3n) is 4.65. The zero-order valence-electron chi connectivity index (χ0n) is 13.5. The molecule has 1 aromatic carbocycles. The summed E-state index contributed by atoms with van der Waals surface area (Å²) >= 11 is 0. The number of piperazine rings is 1. The summed E-state index contributed by atoms with van der Waals surface area (Å²) in [5, 5.41) is 3.43. The van der Waals surface area contributed by atoms with Gasteiger partial charge in [-0.05, 0) is 37.2 Å². The van der Waals surface area contributed by atoms with Gasteiger partial charge >= 0.3 is 0 Å². The zero-order chi connectivity index (χ0) is 15.2. The summed E-state index contributed by atoms with van der Waals surface area (Å²) < 4.78 is 11.0. The van der Waals surface area contributed by atoms with Gasteiger partial charge in [0.25, 0.3) is 0 Å². The Morgan fingerprint density at radius 2 is 1.82 bits per heavy atom. The highest BCUT2D eigenvalue weighted by Crippen LogP contribution is 2.18. The van der Waals surface area contributed by atoms with Crippen LogP contribution >= 0.6 is 0 Å². The van der Waals surface area contributed by atoms with E-state index in [9.17, 15) is 0 Å². The Labute approximate surface area is 133 Å². The summed E-state index contributed by atoms with van der Waals surface area (Å²) in [4.78, 5) is 5.16. The van der Waals surface area contributed by atoms with Crippen molar-refractivity contribution in [2.75, 3.05) is 59.5 Å². The molecule has 0 bridgehead atoms. The van der Waals surface area contributed by atoms with Crippen LogP contribution in [0.1, 0.15) is 6.42 Å². The lowest BCUT2D eigenvalue weighted by molar-refractivity contribution is 0.165. The fraction of sp³-hybridized carbons (Fsp3) is 0.647. The minimum absolute atomic E-state index is 0.739. The Morgan fingerprint density at radius 3 is 2.55 bits per heavy atom. The van der Waals surface area contributed by atoms with Gasteiger partial charge in [-0.15, -0.1) is 0 Å². The molecule has 122 valence electrons. The van der Waals surface area contributed by atoms with Crippen LogP contribution in [0.3, 0.4) is 0 Å². The number of hydrogen-bond acceptors (Lipinski definition) is 5. The monoisotopic (exact) mass is 305 g/mol. The summed E-state index contributed by atoms with van der Waals surface area (Å²) in [6.45, 7) is 8.80. The molecule has 1 atom stereocenters. The molecule has 2 fully saturated rings. The van der Waals surface area contributed by atoms with Crippen LogP contribution in [0.4, 0.5) is 0 Å². The molecule has 0 spiro atoms. The quantitative estimate of drug-likeness (QED) is 0.850. The maximum absolute atomic E-state index is 5.83. The van der Waals surface area contributed by atoms with Crippen LogP contribution in [-0.4, -0.2) is 75.4 Å². The second kappa shape index (κ2) is 7.81. The van der Waals surface area contributed by atoms with Gasteiger partial charge in [-0.2, -0.15) is 0 Å². The van der Waals surface area contributed by atoms with Crippen molar-refractivity contribution in [3.8, 4) is 11.5 Å². The van der Waals surface area contributed by atoms with E-state index in [1.165, 1.54) is 32.6 Å². The Balaban J connectivity index is 1.37. The van der Waals surface area contributed by atoms with Crippen LogP contribution in [-0.2, 0) is 0 Å². The summed E-state index contributed by atoms with van der Waals surface area (Å²) in [5.41, 5.74) is 0. The van der Waals surface area contributed by atoms with E-state index in [1.54, 1.807) is 7.11 Å². The third-order valence-corrected chi connectivity index (χ3v) is 4.65. The van der Waals surface area contributed by atoms with E-state index >= 15 is 0 Å². The molecule has 5 heteroatoms. The minimum atomic E-state index is 0.739.